The van der Waals surface area contributed by atoms with Gasteiger partial charge < -0.3 is 11.1 Å². The Morgan fingerprint density at radius 2 is 2.07 bits per heavy atom. The van der Waals surface area contributed by atoms with Crippen molar-refractivity contribution in [1.29, 1.82) is 0 Å². The molecule has 0 heterocycles. The van der Waals surface area contributed by atoms with Crippen LogP contribution < -0.4 is 11.1 Å². The maximum atomic E-state index is 5.70. The Morgan fingerprint density at radius 1 is 1.29 bits per heavy atom. The number of rotatable bonds is 5. The minimum Gasteiger partial charge on any atom is -0.399 e. The minimum absolute atomic E-state index is 0.744. The molecule has 1 rings (SSSR count). The van der Waals surface area contributed by atoms with Crippen molar-refractivity contribution in [1.82, 2.24) is 0 Å². The first-order chi connectivity index (χ1) is 6.77. The zero-order valence-electron chi connectivity index (χ0n) is 8.29. The molecule has 0 aliphatic carbocycles. The van der Waals surface area contributed by atoms with Crippen LogP contribution in [0.4, 0.5) is 11.4 Å². The van der Waals surface area contributed by atoms with E-state index in [1.54, 1.807) is 0 Å². The third-order valence-corrected chi connectivity index (χ3v) is 1.94. The fourth-order valence-corrected chi connectivity index (χ4v) is 1.27. The number of allylic oxidation sites excluding steroid dienone is 1. The minimum atomic E-state index is 0.744. The van der Waals surface area contributed by atoms with Crippen molar-refractivity contribution >= 4 is 11.4 Å². The average molecular weight is 188 g/mol. The summed E-state index contributed by atoms with van der Waals surface area (Å²) in [6, 6.07) is 5.85. The van der Waals surface area contributed by atoms with Crippen LogP contribution in [0.15, 0.2) is 43.5 Å². The zero-order valence-corrected chi connectivity index (χ0v) is 8.29. The summed E-state index contributed by atoms with van der Waals surface area (Å²) in [6.07, 6.45) is 4.55. The van der Waals surface area contributed by atoms with Crippen LogP contribution in [-0.4, -0.2) is 6.54 Å². The topological polar surface area (TPSA) is 38.0 Å². The Balaban J connectivity index is 2.89. The number of anilines is 2. The summed E-state index contributed by atoms with van der Waals surface area (Å²) in [5.41, 5.74) is 8.74. The first-order valence-electron chi connectivity index (χ1n) is 4.62. The maximum absolute atomic E-state index is 5.70. The molecule has 1 aromatic carbocycles. The van der Waals surface area contributed by atoms with Crippen LogP contribution in [0.3, 0.4) is 0 Å². The van der Waals surface area contributed by atoms with Gasteiger partial charge in [0.25, 0.3) is 0 Å². The normalized spacial score (nSPS) is 9.43. The lowest BCUT2D eigenvalue weighted by Crippen LogP contribution is -2.02. The van der Waals surface area contributed by atoms with Crippen LogP contribution in [-0.2, 0) is 6.42 Å². The average Bonchev–Trinajstić information content (AvgIpc) is 2.18. The third kappa shape index (κ3) is 2.66. The van der Waals surface area contributed by atoms with Crippen LogP contribution in [0.1, 0.15) is 5.56 Å². The molecule has 0 unspecified atom stereocenters. The number of nitrogens with two attached hydrogens (primary N) is 1. The van der Waals surface area contributed by atoms with E-state index >= 15 is 0 Å². The highest BCUT2D eigenvalue weighted by molar-refractivity contribution is 5.60. The number of hydrogen-bond donors (Lipinski definition) is 2. The first kappa shape index (κ1) is 10.4. The van der Waals surface area contributed by atoms with Crippen molar-refractivity contribution in [3.05, 3.63) is 49.1 Å². The third-order valence-electron chi connectivity index (χ3n) is 1.94. The molecule has 0 saturated heterocycles. The molecule has 0 atom stereocenters. The molecule has 0 saturated carbocycles. The molecule has 0 aromatic heterocycles. The van der Waals surface area contributed by atoms with E-state index in [0.29, 0.717) is 0 Å². The standard InChI is InChI=1S/C12H16N2/c1-3-5-10-6-7-11(13)9-12(10)14-8-4-2/h3-4,6-7,9,14H,1-2,5,8,13H2. The van der Waals surface area contributed by atoms with Gasteiger partial charge in [0.1, 0.15) is 0 Å². The Labute approximate surface area is 85.1 Å². The van der Waals surface area contributed by atoms with E-state index in [1.165, 1.54) is 5.56 Å². The highest BCUT2D eigenvalue weighted by Gasteiger charge is 1.99. The fraction of sp³-hybridized carbons (Fsp3) is 0.167. The predicted octanol–water partition coefficient (Wildman–Crippen LogP) is 2.60. The molecule has 1 aromatic rings. The van der Waals surface area contributed by atoms with Gasteiger partial charge in [0.05, 0.1) is 0 Å². The van der Waals surface area contributed by atoms with Crippen molar-refractivity contribution in [2.75, 3.05) is 17.6 Å². The van der Waals surface area contributed by atoms with Crippen molar-refractivity contribution in [3.63, 3.8) is 0 Å². The highest BCUT2D eigenvalue weighted by atomic mass is 14.9. The monoisotopic (exact) mass is 188 g/mol. The fourth-order valence-electron chi connectivity index (χ4n) is 1.27. The maximum Gasteiger partial charge on any atom is 0.0399 e. The molecule has 0 amide bonds. The van der Waals surface area contributed by atoms with E-state index in [4.69, 9.17) is 5.73 Å². The van der Waals surface area contributed by atoms with Gasteiger partial charge in [0.15, 0.2) is 0 Å². The Bertz CT molecular complexity index is 329. The second-order valence-corrected chi connectivity index (χ2v) is 3.08. The molecule has 0 fully saturated rings. The number of benzene rings is 1. The highest BCUT2D eigenvalue weighted by Crippen LogP contribution is 2.19. The van der Waals surface area contributed by atoms with Gasteiger partial charge in [0, 0.05) is 17.9 Å². The van der Waals surface area contributed by atoms with Gasteiger partial charge >= 0.3 is 0 Å². The van der Waals surface area contributed by atoms with Crippen molar-refractivity contribution in [3.8, 4) is 0 Å². The second kappa shape index (κ2) is 5.12. The van der Waals surface area contributed by atoms with Crippen molar-refractivity contribution in [2.24, 2.45) is 0 Å². The number of hydrogen-bond acceptors (Lipinski definition) is 2. The SMILES string of the molecule is C=CCNc1cc(N)ccc1CC=C. The van der Waals surface area contributed by atoms with Crippen LogP contribution in [0, 0.1) is 0 Å². The van der Waals surface area contributed by atoms with E-state index < -0.39 is 0 Å². The lowest BCUT2D eigenvalue weighted by molar-refractivity contribution is 1.23. The van der Waals surface area contributed by atoms with Crippen LogP contribution >= 0.6 is 0 Å². The number of nitrogen functional groups attached to an aromatic ring is 1. The second-order valence-electron chi connectivity index (χ2n) is 3.08. The van der Waals surface area contributed by atoms with Gasteiger partial charge in [-0.15, -0.1) is 13.2 Å². The van der Waals surface area contributed by atoms with E-state index in [0.717, 1.165) is 24.3 Å². The van der Waals surface area contributed by atoms with Gasteiger partial charge in [-0.2, -0.15) is 0 Å². The van der Waals surface area contributed by atoms with E-state index in [2.05, 4.69) is 18.5 Å². The lowest BCUT2D eigenvalue weighted by atomic mass is 10.1. The summed E-state index contributed by atoms with van der Waals surface area (Å²) < 4.78 is 0. The molecule has 0 aliphatic rings. The molecule has 0 spiro atoms. The molecule has 74 valence electrons. The molecule has 2 nitrogen and oxygen atoms in total. The van der Waals surface area contributed by atoms with Gasteiger partial charge in [0.2, 0.25) is 0 Å². The quantitative estimate of drug-likeness (QED) is 0.550. The predicted molar refractivity (Wildman–Crippen MR) is 63.4 cm³/mol. The summed E-state index contributed by atoms with van der Waals surface area (Å²) in [4.78, 5) is 0. The van der Waals surface area contributed by atoms with Crippen LogP contribution in [0.25, 0.3) is 0 Å². The molecule has 2 heteroatoms. The zero-order chi connectivity index (χ0) is 10.4. The van der Waals surface area contributed by atoms with Crippen LogP contribution in [0.2, 0.25) is 0 Å². The van der Waals surface area contributed by atoms with Crippen molar-refractivity contribution in [2.45, 2.75) is 6.42 Å². The van der Waals surface area contributed by atoms with Crippen molar-refractivity contribution < 1.29 is 0 Å². The molecule has 14 heavy (non-hydrogen) atoms. The van der Waals surface area contributed by atoms with Crippen LogP contribution in [0.5, 0.6) is 0 Å². The Kier molecular flexibility index (Phi) is 3.80. The summed E-state index contributed by atoms with van der Waals surface area (Å²) >= 11 is 0. The van der Waals surface area contributed by atoms with Gasteiger partial charge in [-0.1, -0.05) is 18.2 Å². The molecule has 3 N–H and O–H groups in total. The number of nitrogens with one attached hydrogen (secondary N) is 1. The Morgan fingerprint density at radius 3 is 2.71 bits per heavy atom. The van der Waals surface area contributed by atoms with Gasteiger partial charge in [-0.3, -0.25) is 0 Å². The van der Waals surface area contributed by atoms with Gasteiger partial charge in [-0.05, 0) is 24.1 Å². The molecule has 0 aliphatic heterocycles. The molecular formula is C12H16N2. The first-order valence-corrected chi connectivity index (χ1v) is 4.62. The van der Waals surface area contributed by atoms with Gasteiger partial charge in [-0.25, -0.2) is 0 Å². The lowest BCUT2D eigenvalue weighted by Gasteiger charge is -2.10. The molecule has 0 bridgehead atoms. The van der Waals surface area contributed by atoms with E-state index in [-0.39, 0.29) is 0 Å². The van der Waals surface area contributed by atoms with E-state index in [1.807, 2.05) is 30.4 Å². The Hall–Kier alpha value is -1.70. The summed E-state index contributed by atoms with van der Waals surface area (Å²) in [5, 5.41) is 3.24. The smallest absolute Gasteiger partial charge is 0.0399 e. The van der Waals surface area contributed by atoms with E-state index in [9.17, 15) is 0 Å². The molecule has 0 radical (unpaired) electrons. The summed E-state index contributed by atoms with van der Waals surface area (Å²) in [6.45, 7) is 8.12. The molecular weight excluding hydrogens is 172 g/mol. The summed E-state index contributed by atoms with van der Waals surface area (Å²) in [7, 11) is 0. The largest absolute Gasteiger partial charge is 0.399 e. The summed E-state index contributed by atoms with van der Waals surface area (Å²) in [5.74, 6) is 0.